The molecule has 0 spiro atoms. The molecule has 4 nitrogen and oxygen atoms in total. The fraction of sp³-hybridized carbons (Fsp3) is 0.500. The lowest BCUT2D eigenvalue weighted by Crippen LogP contribution is -2.53. The summed E-state index contributed by atoms with van der Waals surface area (Å²) in [7, 11) is 0. The van der Waals surface area contributed by atoms with E-state index in [0.717, 1.165) is 15.8 Å². The number of thiophene rings is 1. The van der Waals surface area contributed by atoms with Gasteiger partial charge in [0.2, 0.25) is 0 Å². The highest BCUT2D eigenvalue weighted by molar-refractivity contribution is 9.10. The standard InChI is InChI=1S/C12H15BrN2O2S/c1-2-3-14-4-5-15(12(17)11(14)16)7-10-6-9(13)8-18-10/h6,8H,2-5,7H2,1H3. The highest BCUT2D eigenvalue weighted by atomic mass is 79.9. The summed E-state index contributed by atoms with van der Waals surface area (Å²) in [6.45, 7) is 4.47. The van der Waals surface area contributed by atoms with Crippen LogP contribution in [0.25, 0.3) is 0 Å². The predicted octanol–water partition coefficient (Wildman–Crippen LogP) is 2.09. The number of amides is 2. The minimum absolute atomic E-state index is 0.362. The maximum Gasteiger partial charge on any atom is 0.312 e. The number of carbonyl (C=O) groups is 2. The Morgan fingerprint density at radius 2 is 1.94 bits per heavy atom. The average molecular weight is 331 g/mol. The third-order valence-electron chi connectivity index (χ3n) is 2.86. The van der Waals surface area contributed by atoms with Crippen molar-refractivity contribution in [1.82, 2.24) is 9.80 Å². The van der Waals surface area contributed by atoms with Crippen molar-refractivity contribution in [3.8, 4) is 0 Å². The Labute approximate surface area is 119 Å². The third-order valence-corrected chi connectivity index (χ3v) is 4.54. The molecule has 0 N–H and O–H groups in total. The van der Waals surface area contributed by atoms with E-state index >= 15 is 0 Å². The summed E-state index contributed by atoms with van der Waals surface area (Å²) in [5.74, 6) is -0.738. The Morgan fingerprint density at radius 3 is 2.56 bits per heavy atom. The fourth-order valence-electron chi connectivity index (χ4n) is 1.97. The maximum atomic E-state index is 11.9. The Balaban J connectivity index is 2.00. The minimum Gasteiger partial charge on any atom is -0.333 e. The van der Waals surface area contributed by atoms with Crippen LogP contribution in [0, 0.1) is 0 Å². The van der Waals surface area contributed by atoms with Crippen LogP contribution in [-0.4, -0.2) is 41.2 Å². The molecule has 98 valence electrons. The van der Waals surface area contributed by atoms with Crippen molar-refractivity contribution in [3.05, 3.63) is 20.8 Å². The first-order valence-electron chi connectivity index (χ1n) is 5.93. The van der Waals surface area contributed by atoms with E-state index in [1.807, 2.05) is 18.4 Å². The monoisotopic (exact) mass is 330 g/mol. The molecule has 1 aromatic rings. The molecule has 1 aliphatic heterocycles. The van der Waals surface area contributed by atoms with E-state index in [0.29, 0.717) is 26.2 Å². The Morgan fingerprint density at radius 1 is 1.28 bits per heavy atom. The molecule has 1 saturated heterocycles. The SMILES string of the molecule is CCCN1CCN(Cc2cc(Br)cs2)C(=O)C1=O. The quantitative estimate of drug-likeness (QED) is 0.793. The number of piperazine rings is 1. The molecule has 1 aliphatic rings. The van der Waals surface area contributed by atoms with E-state index in [1.165, 1.54) is 0 Å². The lowest BCUT2D eigenvalue weighted by Gasteiger charge is -2.33. The number of hydrogen-bond donors (Lipinski definition) is 0. The van der Waals surface area contributed by atoms with Crippen LogP contribution >= 0.6 is 27.3 Å². The second-order valence-electron chi connectivity index (χ2n) is 4.25. The van der Waals surface area contributed by atoms with Gasteiger partial charge in [-0.3, -0.25) is 9.59 Å². The van der Waals surface area contributed by atoms with Gasteiger partial charge in [-0.25, -0.2) is 0 Å². The first-order chi connectivity index (χ1) is 8.61. The number of hydrogen-bond acceptors (Lipinski definition) is 3. The van der Waals surface area contributed by atoms with Crippen molar-refractivity contribution in [3.63, 3.8) is 0 Å². The topological polar surface area (TPSA) is 40.6 Å². The third kappa shape index (κ3) is 2.92. The zero-order valence-electron chi connectivity index (χ0n) is 10.2. The Bertz CT molecular complexity index is 461. The van der Waals surface area contributed by atoms with Gasteiger partial charge in [-0.15, -0.1) is 11.3 Å². The van der Waals surface area contributed by atoms with E-state index < -0.39 is 0 Å². The van der Waals surface area contributed by atoms with Crippen LogP contribution in [0.3, 0.4) is 0 Å². The Hall–Kier alpha value is -0.880. The molecule has 0 atom stereocenters. The predicted molar refractivity (Wildman–Crippen MR) is 74.3 cm³/mol. The van der Waals surface area contributed by atoms with Crippen LogP contribution in [0.15, 0.2) is 15.9 Å². The van der Waals surface area contributed by atoms with Crippen LogP contribution in [0.4, 0.5) is 0 Å². The van der Waals surface area contributed by atoms with Gasteiger partial charge in [0.1, 0.15) is 0 Å². The van der Waals surface area contributed by atoms with Gasteiger partial charge < -0.3 is 9.80 Å². The van der Waals surface area contributed by atoms with Crippen molar-refractivity contribution in [1.29, 1.82) is 0 Å². The van der Waals surface area contributed by atoms with Gasteiger partial charge in [0.15, 0.2) is 0 Å². The molecule has 0 unspecified atom stereocenters. The lowest BCUT2D eigenvalue weighted by atomic mass is 10.2. The molecule has 18 heavy (non-hydrogen) atoms. The molecule has 0 aromatic carbocycles. The van der Waals surface area contributed by atoms with Crippen LogP contribution in [0.1, 0.15) is 18.2 Å². The van der Waals surface area contributed by atoms with Crippen LogP contribution in [0.2, 0.25) is 0 Å². The summed E-state index contributed by atoms with van der Waals surface area (Å²) in [6, 6.07) is 1.99. The number of rotatable bonds is 4. The smallest absolute Gasteiger partial charge is 0.312 e. The molecule has 2 rings (SSSR count). The molecule has 0 aliphatic carbocycles. The number of halogens is 1. The molecule has 2 heterocycles. The highest BCUT2D eigenvalue weighted by Crippen LogP contribution is 2.22. The van der Waals surface area contributed by atoms with Crippen molar-refractivity contribution in [2.75, 3.05) is 19.6 Å². The van der Waals surface area contributed by atoms with Crippen LogP contribution < -0.4 is 0 Å². The van der Waals surface area contributed by atoms with Crippen molar-refractivity contribution >= 4 is 39.1 Å². The number of nitrogens with zero attached hydrogens (tertiary/aromatic N) is 2. The molecule has 0 radical (unpaired) electrons. The summed E-state index contributed by atoms with van der Waals surface area (Å²) in [6.07, 6.45) is 0.886. The first kappa shape index (κ1) is 13.5. The van der Waals surface area contributed by atoms with Gasteiger partial charge in [-0.1, -0.05) is 6.92 Å². The maximum absolute atomic E-state index is 11.9. The summed E-state index contributed by atoms with van der Waals surface area (Å²) >= 11 is 4.98. The molecule has 1 aromatic heterocycles. The Kier molecular flexibility index (Phi) is 4.40. The van der Waals surface area contributed by atoms with Gasteiger partial charge in [-0.05, 0) is 28.4 Å². The number of carbonyl (C=O) groups excluding carboxylic acids is 2. The molecular formula is C12H15BrN2O2S. The van der Waals surface area contributed by atoms with Crippen LogP contribution in [-0.2, 0) is 16.1 Å². The normalized spacial score (nSPS) is 16.6. The van der Waals surface area contributed by atoms with E-state index in [-0.39, 0.29) is 11.8 Å². The second kappa shape index (κ2) is 5.84. The fourth-order valence-corrected chi connectivity index (χ4v) is 3.44. The summed E-state index contributed by atoms with van der Waals surface area (Å²) in [5, 5.41) is 1.98. The molecule has 2 amide bonds. The molecule has 0 saturated carbocycles. The lowest BCUT2D eigenvalue weighted by molar-refractivity contribution is -0.156. The van der Waals surface area contributed by atoms with Gasteiger partial charge in [0.25, 0.3) is 0 Å². The van der Waals surface area contributed by atoms with E-state index in [9.17, 15) is 9.59 Å². The zero-order chi connectivity index (χ0) is 13.1. The van der Waals surface area contributed by atoms with Crippen molar-refractivity contribution in [2.24, 2.45) is 0 Å². The molecule has 6 heteroatoms. The summed E-state index contributed by atoms with van der Waals surface area (Å²) in [5.41, 5.74) is 0. The van der Waals surface area contributed by atoms with Gasteiger partial charge >= 0.3 is 11.8 Å². The first-order valence-corrected chi connectivity index (χ1v) is 7.60. The highest BCUT2D eigenvalue weighted by Gasteiger charge is 2.31. The largest absolute Gasteiger partial charge is 0.333 e. The van der Waals surface area contributed by atoms with Gasteiger partial charge in [0, 0.05) is 34.4 Å². The van der Waals surface area contributed by atoms with Crippen molar-refractivity contribution in [2.45, 2.75) is 19.9 Å². The summed E-state index contributed by atoms with van der Waals surface area (Å²) < 4.78 is 1.02. The summed E-state index contributed by atoms with van der Waals surface area (Å²) in [4.78, 5) is 28.2. The molecule has 1 fully saturated rings. The van der Waals surface area contributed by atoms with Crippen LogP contribution in [0.5, 0.6) is 0 Å². The molecular weight excluding hydrogens is 316 g/mol. The zero-order valence-corrected chi connectivity index (χ0v) is 12.6. The minimum atomic E-state index is -0.376. The molecule has 0 bridgehead atoms. The van der Waals surface area contributed by atoms with E-state index in [1.54, 1.807) is 21.1 Å². The van der Waals surface area contributed by atoms with Gasteiger partial charge in [-0.2, -0.15) is 0 Å². The van der Waals surface area contributed by atoms with E-state index in [2.05, 4.69) is 15.9 Å². The average Bonchev–Trinajstić information content (AvgIpc) is 2.75. The van der Waals surface area contributed by atoms with Gasteiger partial charge in [0.05, 0.1) is 6.54 Å². The second-order valence-corrected chi connectivity index (χ2v) is 6.16. The van der Waals surface area contributed by atoms with E-state index in [4.69, 9.17) is 0 Å². The van der Waals surface area contributed by atoms with Crippen molar-refractivity contribution < 1.29 is 9.59 Å².